The van der Waals surface area contributed by atoms with E-state index < -0.39 is 0 Å². The zero-order valence-corrected chi connectivity index (χ0v) is 15.3. The number of fused-ring (bicyclic) bond motifs is 1. The zero-order valence-electron chi connectivity index (χ0n) is 15.3. The molecule has 3 atom stereocenters. The van der Waals surface area contributed by atoms with Gasteiger partial charge in [-0.1, -0.05) is 6.42 Å². The summed E-state index contributed by atoms with van der Waals surface area (Å²) < 4.78 is 0. The minimum atomic E-state index is 0.821. The van der Waals surface area contributed by atoms with Gasteiger partial charge in [0.05, 0.1) is 0 Å². The maximum absolute atomic E-state index is 4.43. The number of rotatable bonds is 4. The van der Waals surface area contributed by atoms with Crippen molar-refractivity contribution in [3.05, 3.63) is 18.5 Å². The summed E-state index contributed by atoms with van der Waals surface area (Å²) >= 11 is 0. The van der Waals surface area contributed by atoms with E-state index in [1.54, 1.807) is 0 Å². The van der Waals surface area contributed by atoms with Gasteiger partial charge in [-0.25, -0.2) is 9.97 Å². The van der Waals surface area contributed by atoms with Gasteiger partial charge >= 0.3 is 0 Å². The molecule has 0 bridgehead atoms. The van der Waals surface area contributed by atoms with Crippen LogP contribution in [-0.2, 0) is 0 Å². The fourth-order valence-corrected chi connectivity index (χ4v) is 5.51. The van der Waals surface area contributed by atoms with E-state index >= 15 is 0 Å². The van der Waals surface area contributed by atoms with Gasteiger partial charge < -0.3 is 9.80 Å². The summed E-state index contributed by atoms with van der Waals surface area (Å²) in [7, 11) is 0. The molecule has 0 radical (unpaired) electrons. The molecule has 1 aromatic rings. The standard InChI is InChI=1S/C20H31N5/c1-3-17-14-23(13-16-5-6-16)15-18(17)19(4-1)24-9-11-25(12-10-24)20-21-7-2-8-22-20/h2,7-8,16-19H,1,3-6,9-15H2/t17-,18+,19+/m1/s1. The van der Waals surface area contributed by atoms with Crippen LogP contribution in [0.5, 0.6) is 0 Å². The number of aromatic nitrogens is 2. The Balaban J connectivity index is 1.20. The smallest absolute Gasteiger partial charge is 0.225 e. The van der Waals surface area contributed by atoms with Crippen LogP contribution in [0.3, 0.4) is 0 Å². The van der Waals surface area contributed by atoms with Crippen molar-refractivity contribution < 1.29 is 0 Å². The summed E-state index contributed by atoms with van der Waals surface area (Å²) in [6.07, 6.45) is 11.0. The summed E-state index contributed by atoms with van der Waals surface area (Å²) in [4.78, 5) is 16.8. The van der Waals surface area contributed by atoms with Crippen LogP contribution in [0.15, 0.2) is 18.5 Å². The molecule has 1 aromatic heterocycles. The van der Waals surface area contributed by atoms with Crippen molar-refractivity contribution in [3.63, 3.8) is 0 Å². The molecule has 0 spiro atoms. The molecule has 2 aliphatic carbocycles. The first kappa shape index (κ1) is 16.0. The van der Waals surface area contributed by atoms with Gasteiger partial charge in [0.2, 0.25) is 5.95 Å². The molecule has 5 nitrogen and oxygen atoms in total. The molecule has 25 heavy (non-hydrogen) atoms. The van der Waals surface area contributed by atoms with Crippen molar-refractivity contribution in [1.29, 1.82) is 0 Å². The third-order valence-electron chi connectivity index (χ3n) is 6.97. The maximum atomic E-state index is 4.43. The molecule has 0 N–H and O–H groups in total. The maximum Gasteiger partial charge on any atom is 0.225 e. The first-order chi connectivity index (χ1) is 12.4. The van der Waals surface area contributed by atoms with Crippen LogP contribution < -0.4 is 4.90 Å². The second-order valence-electron chi connectivity index (χ2n) is 8.66. The zero-order chi connectivity index (χ0) is 16.6. The summed E-state index contributed by atoms with van der Waals surface area (Å²) in [5, 5.41) is 0. The first-order valence-corrected chi connectivity index (χ1v) is 10.4. The van der Waals surface area contributed by atoms with E-state index in [-0.39, 0.29) is 0 Å². The number of hydrogen-bond donors (Lipinski definition) is 0. The van der Waals surface area contributed by atoms with Crippen molar-refractivity contribution in [2.24, 2.45) is 17.8 Å². The molecule has 0 unspecified atom stereocenters. The van der Waals surface area contributed by atoms with Crippen LogP contribution in [0, 0.1) is 17.8 Å². The van der Waals surface area contributed by atoms with Crippen molar-refractivity contribution in [2.75, 3.05) is 50.7 Å². The topological polar surface area (TPSA) is 35.5 Å². The minimum absolute atomic E-state index is 0.821. The SMILES string of the molecule is c1cnc(N2CCN([C@H]3CCC[C@@H]4CN(CC5CC5)C[C@@H]43)CC2)nc1. The predicted molar refractivity (Wildman–Crippen MR) is 99.6 cm³/mol. The van der Waals surface area contributed by atoms with Crippen LogP contribution in [0.2, 0.25) is 0 Å². The van der Waals surface area contributed by atoms with E-state index in [0.29, 0.717) is 0 Å². The second kappa shape index (κ2) is 6.84. The molecule has 0 aromatic carbocycles. The van der Waals surface area contributed by atoms with Crippen LogP contribution in [0.4, 0.5) is 5.95 Å². The van der Waals surface area contributed by atoms with Crippen LogP contribution in [-0.4, -0.2) is 71.6 Å². The molecule has 2 saturated heterocycles. The fraction of sp³-hybridized carbons (Fsp3) is 0.800. The Kier molecular flexibility index (Phi) is 4.38. The lowest BCUT2D eigenvalue weighted by Crippen LogP contribution is -2.54. The second-order valence-corrected chi connectivity index (χ2v) is 8.66. The van der Waals surface area contributed by atoms with Crippen LogP contribution in [0.25, 0.3) is 0 Å². The van der Waals surface area contributed by atoms with Crippen LogP contribution in [0.1, 0.15) is 32.1 Å². The number of anilines is 1. The van der Waals surface area contributed by atoms with Gasteiger partial charge in [-0.3, -0.25) is 4.90 Å². The molecule has 136 valence electrons. The molecule has 3 heterocycles. The Bertz CT molecular complexity index is 567. The predicted octanol–water partition coefficient (Wildman–Crippen LogP) is 2.11. The first-order valence-electron chi connectivity index (χ1n) is 10.4. The molecular weight excluding hydrogens is 310 g/mol. The molecule has 5 rings (SSSR count). The lowest BCUT2D eigenvalue weighted by molar-refractivity contribution is 0.0822. The largest absolute Gasteiger partial charge is 0.338 e. The summed E-state index contributed by atoms with van der Waals surface area (Å²) in [6, 6.07) is 2.72. The number of nitrogens with zero attached hydrogens (tertiary/aromatic N) is 5. The normalized spacial score (nSPS) is 34.2. The van der Waals surface area contributed by atoms with E-state index in [1.807, 2.05) is 18.5 Å². The average Bonchev–Trinajstić information content (AvgIpc) is 3.38. The molecule has 0 amide bonds. The van der Waals surface area contributed by atoms with Crippen molar-refractivity contribution >= 4 is 5.95 Å². The Morgan fingerprint density at radius 3 is 2.48 bits per heavy atom. The van der Waals surface area contributed by atoms with Gasteiger partial charge in [0.1, 0.15) is 0 Å². The van der Waals surface area contributed by atoms with E-state index in [4.69, 9.17) is 0 Å². The quantitative estimate of drug-likeness (QED) is 0.838. The van der Waals surface area contributed by atoms with Gasteiger partial charge in [-0.2, -0.15) is 0 Å². The Morgan fingerprint density at radius 1 is 0.920 bits per heavy atom. The van der Waals surface area contributed by atoms with Crippen molar-refractivity contribution in [2.45, 2.75) is 38.1 Å². The summed E-state index contributed by atoms with van der Waals surface area (Å²) in [5.74, 6) is 3.83. The Morgan fingerprint density at radius 2 is 1.72 bits per heavy atom. The summed E-state index contributed by atoms with van der Waals surface area (Å²) in [5.41, 5.74) is 0. The highest BCUT2D eigenvalue weighted by Crippen LogP contribution is 2.41. The molecule has 4 fully saturated rings. The van der Waals surface area contributed by atoms with Gasteiger partial charge in [-0.15, -0.1) is 0 Å². The molecule has 2 saturated carbocycles. The Hall–Kier alpha value is -1.20. The molecule has 2 aliphatic heterocycles. The lowest BCUT2D eigenvalue weighted by atomic mass is 9.77. The van der Waals surface area contributed by atoms with Gasteiger partial charge in [-0.05, 0) is 49.5 Å². The molecule has 5 heteroatoms. The Labute approximate surface area is 151 Å². The third-order valence-corrected chi connectivity index (χ3v) is 6.97. The number of piperazine rings is 1. The highest BCUT2D eigenvalue weighted by molar-refractivity contribution is 5.29. The summed E-state index contributed by atoms with van der Waals surface area (Å²) in [6.45, 7) is 8.64. The van der Waals surface area contributed by atoms with Crippen LogP contribution >= 0.6 is 0 Å². The fourth-order valence-electron chi connectivity index (χ4n) is 5.51. The average molecular weight is 342 g/mol. The van der Waals surface area contributed by atoms with Crippen molar-refractivity contribution in [3.8, 4) is 0 Å². The third kappa shape index (κ3) is 3.41. The minimum Gasteiger partial charge on any atom is -0.338 e. The monoisotopic (exact) mass is 341 g/mol. The van der Waals surface area contributed by atoms with E-state index in [0.717, 1.165) is 42.8 Å². The van der Waals surface area contributed by atoms with Gasteiger partial charge in [0.25, 0.3) is 0 Å². The van der Waals surface area contributed by atoms with Gasteiger partial charge in [0.15, 0.2) is 0 Å². The highest BCUT2D eigenvalue weighted by atomic mass is 15.3. The number of likely N-dealkylation sites (tertiary alicyclic amines) is 1. The van der Waals surface area contributed by atoms with Gasteiger partial charge in [0, 0.05) is 64.2 Å². The van der Waals surface area contributed by atoms with Crippen molar-refractivity contribution in [1.82, 2.24) is 19.8 Å². The molecular formula is C20H31N5. The molecule has 4 aliphatic rings. The van der Waals surface area contributed by atoms with E-state index in [1.165, 1.54) is 64.8 Å². The number of hydrogen-bond acceptors (Lipinski definition) is 5. The van der Waals surface area contributed by atoms with E-state index in [9.17, 15) is 0 Å². The lowest BCUT2D eigenvalue weighted by Gasteiger charge is -2.45. The van der Waals surface area contributed by atoms with E-state index in [2.05, 4.69) is 24.7 Å². The highest BCUT2D eigenvalue weighted by Gasteiger charge is 2.43.